The number of hydrogen-bond donors (Lipinski definition) is 2. The van der Waals surface area contributed by atoms with Crippen LogP contribution in [0.1, 0.15) is 54.2 Å². The molecule has 0 radical (unpaired) electrons. The molecule has 1 aromatic carbocycles. The monoisotopic (exact) mass is 326 g/mol. The molecular formula is C19H26N4O. The van der Waals surface area contributed by atoms with Gasteiger partial charge in [0, 0.05) is 12.6 Å². The second-order valence-corrected chi connectivity index (χ2v) is 7.06. The van der Waals surface area contributed by atoms with E-state index in [9.17, 15) is 4.79 Å². The lowest BCUT2D eigenvalue weighted by molar-refractivity contribution is 0.0949. The summed E-state index contributed by atoms with van der Waals surface area (Å²) in [4.78, 5) is 12.6. The maximum atomic E-state index is 12.6. The van der Waals surface area contributed by atoms with Gasteiger partial charge in [-0.05, 0) is 43.7 Å². The molecular weight excluding hydrogens is 300 g/mol. The SMILES string of the molecule is Cc1ccc(-n2ncc(C(=O)NCC(N)C3CC3)c2C(C)C)cc1. The van der Waals surface area contributed by atoms with Crippen LogP contribution >= 0.6 is 0 Å². The third kappa shape index (κ3) is 3.51. The normalized spacial score (nSPS) is 15.5. The van der Waals surface area contributed by atoms with Crippen LogP contribution in [-0.4, -0.2) is 28.3 Å². The van der Waals surface area contributed by atoms with Crippen LogP contribution in [0, 0.1) is 12.8 Å². The molecule has 24 heavy (non-hydrogen) atoms. The van der Waals surface area contributed by atoms with Crippen LogP contribution in [0.5, 0.6) is 0 Å². The number of amides is 1. The molecule has 1 saturated carbocycles. The molecule has 128 valence electrons. The molecule has 1 heterocycles. The second kappa shape index (κ2) is 6.77. The van der Waals surface area contributed by atoms with E-state index in [2.05, 4.69) is 43.3 Å². The number of nitrogens with two attached hydrogens (primary N) is 1. The highest BCUT2D eigenvalue weighted by molar-refractivity contribution is 5.95. The molecule has 0 bridgehead atoms. The molecule has 1 atom stereocenters. The van der Waals surface area contributed by atoms with E-state index in [0.29, 0.717) is 18.0 Å². The third-order valence-electron chi connectivity index (χ3n) is 4.60. The summed E-state index contributed by atoms with van der Waals surface area (Å²) in [5.41, 5.74) is 9.81. The summed E-state index contributed by atoms with van der Waals surface area (Å²) in [6, 6.07) is 8.21. The number of aryl methyl sites for hydroxylation is 1. The molecule has 0 saturated heterocycles. The zero-order valence-corrected chi connectivity index (χ0v) is 14.6. The van der Waals surface area contributed by atoms with E-state index in [4.69, 9.17) is 5.73 Å². The van der Waals surface area contributed by atoms with E-state index in [-0.39, 0.29) is 17.9 Å². The van der Waals surface area contributed by atoms with Crippen molar-refractivity contribution in [2.45, 2.75) is 45.6 Å². The molecule has 5 nitrogen and oxygen atoms in total. The van der Waals surface area contributed by atoms with Crippen LogP contribution in [0.25, 0.3) is 5.69 Å². The van der Waals surface area contributed by atoms with Gasteiger partial charge in [0.25, 0.3) is 5.91 Å². The Balaban J connectivity index is 1.82. The minimum absolute atomic E-state index is 0.0589. The summed E-state index contributed by atoms with van der Waals surface area (Å²) in [6.07, 6.45) is 4.02. The molecule has 5 heteroatoms. The average molecular weight is 326 g/mol. The lowest BCUT2D eigenvalue weighted by Crippen LogP contribution is -2.38. The van der Waals surface area contributed by atoms with Crippen LogP contribution < -0.4 is 11.1 Å². The quantitative estimate of drug-likeness (QED) is 0.857. The molecule has 1 aliphatic rings. The first-order chi connectivity index (χ1) is 11.5. The van der Waals surface area contributed by atoms with Crippen LogP contribution in [0.2, 0.25) is 0 Å². The van der Waals surface area contributed by atoms with Crippen LogP contribution in [0.3, 0.4) is 0 Å². The molecule has 1 aliphatic carbocycles. The largest absolute Gasteiger partial charge is 0.350 e. The Hall–Kier alpha value is -2.14. The Morgan fingerprint density at radius 1 is 1.33 bits per heavy atom. The van der Waals surface area contributed by atoms with Gasteiger partial charge in [-0.25, -0.2) is 4.68 Å². The zero-order chi connectivity index (χ0) is 17.3. The average Bonchev–Trinajstić information content (AvgIpc) is 3.31. The Morgan fingerprint density at radius 3 is 2.58 bits per heavy atom. The standard InChI is InChI=1S/C19H26N4O/c1-12(2)18-16(19(24)21-11-17(20)14-6-7-14)10-22-23(18)15-8-4-13(3)5-9-15/h4-5,8-10,12,14,17H,6-7,11,20H2,1-3H3,(H,21,24). The van der Waals surface area contributed by atoms with E-state index < -0.39 is 0 Å². The highest BCUT2D eigenvalue weighted by atomic mass is 16.1. The molecule has 3 N–H and O–H groups in total. The first-order valence-electron chi connectivity index (χ1n) is 8.66. The van der Waals surface area contributed by atoms with Crippen molar-refractivity contribution >= 4 is 5.91 Å². The predicted octanol–water partition coefficient (Wildman–Crippen LogP) is 2.77. The smallest absolute Gasteiger partial charge is 0.254 e. The molecule has 3 rings (SSSR count). The summed E-state index contributed by atoms with van der Waals surface area (Å²) in [5.74, 6) is 0.671. The molecule has 0 spiro atoms. The molecule has 0 aliphatic heterocycles. The maximum absolute atomic E-state index is 12.6. The summed E-state index contributed by atoms with van der Waals surface area (Å²) in [5, 5.41) is 7.43. The van der Waals surface area contributed by atoms with E-state index in [1.807, 2.05) is 16.8 Å². The van der Waals surface area contributed by atoms with Crippen molar-refractivity contribution in [3.63, 3.8) is 0 Å². The van der Waals surface area contributed by atoms with Gasteiger partial charge in [-0.2, -0.15) is 5.10 Å². The van der Waals surface area contributed by atoms with E-state index in [1.54, 1.807) is 6.20 Å². The summed E-state index contributed by atoms with van der Waals surface area (Å²) < 4.78 is 1.86. The highest BCUT2D eigenvalue weighted by Crippen LogP contribution is 2.31. The van der Waals surface area contributed by atoms with Crippen molar-refractivity contribution in [3.05, 3.63) is 47.3 Å². The lowest BCUT2D eigenvalue weighted by Gasteiger charge is -2.14. The van der Waals surface area contributed by atoms with Gasteiger partial charge in [-0.1, -0.05) is 31.5 Å². The van der Waals surface area contributed by atoms with Gasteiger partial charge in [0.1, 0.15) is 0 Å². The van der Waals surface area contributed by atoms with Gasteiger partial charge in [0.15, 0.2) is 0 Å². The van der Waals surface area contributed by atoms with Gasteiger partial charge in [-0.3, -0.25) is 4.79 Å². The first kappa shape index (κ1) is 16.7. The number of nitrogens with zero attached hydrogens (tertiary/aromatic N) is 2. The number of nitrogens with one attached hydrogen (secondary N) is 1. The lowest BCUT2D eigenvalue weighted by atomic mass is 10.0. The highest BCUT2D eigenvalue weighted by Gasteiger charge is 2.29. The topological polar surface area (TPSA) is 72.9 Å². The van der Waals surface area contributed by atoms with Crippen LogP contribution in [0.15, 0.2) is 30.5 Å². The van der Waals surface area contributed by atoms with Gasteiger partial charge < -0.3 is 11.1 Å². The van der Waals surface area contributed by atoms with Crippen molar-refractivity contribution in [1.29, 1.82) is 0 Å². The maximum Gasteiger partial charge on any atom is 0.254 e. The zero-order valence-electron chi connectivity index (χ0n) is 14.6. The number of benzene rings is 1. The number of carbonyl (C=O) groups excluding carboxylic acids is 1. The summed E-state index contributed by atoms with van der Waals surface area (Å²) in [7, 11) is 0. The van der Waals surface area contributed by atoms with Crippen molar-refractivity contribution < 1.29 is 4.79 Å². The van der Waals surface area contributed by atoms with Crippen molar-refractivity contribution in [3.8, 4) is 5.69 Å². The minimum Gasteiger partial charge on any atom is -0.350 e. The van der Waals surface area contributed by atoms with Gasteiger partial charge >= 0.3 is 0 Å². The summed E-state index contributed by atoms with van der Waals surface area (Å²) in [6.45, 7) is 6.73. The second-order valence-electron chi connectivity index (χ2n) is 7.06. The third-order valence-corrected chi connectivity index (χ3v) is 4.60. The number of hydrogen-bond acceptors (Lipinski definition) is 3. The number of carbonyl (C=O) groups is 1. The van der Waals surface area contributed by atoms with Gasteiger partial charge in [0.2, 0.25) is 0 Å². The fourth-order valence-electron chi connectivity index (χ4n) is 2.98. The predicted molar refractivity (Wildman–Crippen MR) is 95.4 cm³/mol. The van der Waals surface area contributed by atoms with Crippen LogP contribution in [-0.2, 0) is 0 Å². The van der Waals surface area contributed by atoms with E-state index in [0.717, 1.165) is 11.4 Å². The molecule has 2 aromatic rings. The Labute approximate surface area is 143 Å². The number of aromatic nitrogens is 2. The first-order valence-corrected chi connectivity index (χ1v) is 8.66. The summed E-state index contributed by atoms with van der Waals surface area (Å²) >= 11 is 0. The fourth-order valence-corrected chi connectivity index (χ4v) is 2.98. The molecule has 1 fully saturated rings. The Kier molecular flexibility index (Phi) is 4.71. The van der Waals surface area contributed by atoms with Crippen molar-refractivity contribution in [2.24, 2.45) is 11.7 Å². The Morgan fingerprint density at radius 2 is 2.00 bits per heavy atom. The minimum atomic E-state index is -0.0897. The molecule has 1 amide bonds. The van der Waals surface area contributed by atoms with Gasteiger partial charge in [-0.15, -0.1) is 0 Å². The van der Waals surface area contributed by atoms with Crippen LogP contribution in [0.4, 0.5) is 0 Å². The molecule has 1 unspecified atom stereocenters. The van der Waals surface area contributed by atoms with Gasteiger partial charge in [0.05, 0.1) is 23.1 Å². The van der Waals surface area contributed by atoms with Crippen molar-refractivity contribution in [2.75, 3.05) is 6.54 Å². The fraction of sp³-hybridized carbons (Fsp3) is 0.474. The number of rotatable bonds is 6. The van der Waals surface area contributed by atoms with E-state index in [1.165, 1.54) is 18.4 Å². The molecule has 1 aromatic heterocycles. The van der Waals surface area contributed by atoms with E-state index >= 15 is 0 Å². The van der Waals surface area contributed by atoms with Crippen molar-refractivity contribution in [1.82, 2.24) is 15.1 Å². The Bertz CT molecular complexity index is 713.